The van der Waals surface area contributed by atoms with E-state index in [2.05, 4.69) is 55.2 Å². The predicted molar refractivity (Wildman–Crippen MR) is 176 cm³/mol. The Labute approximate surface area is 274 Å². The average Bonchev–Trinajstić information content (AvgIpc) is 3.22. The minimum atomic E-state index is -4.64. The topological polar surface area (TPSA) is 100 Å². The van der Waals surface area contributed by atoms with Gasteiger partial charge in [-0.3, -0.25) is 4.90 Å². The number of nitrogens with one attached hydrogen (secondary N) is 1. The zero-order valence-electron chi connectivity index (χ0n) is 27.5. The lowest BCUT2D eigenvalue weighted by Gasteiger charge is -2.39. The van der Waals surface area contributed by atoms with Gasteiger partial charge in [0.05, 0.1) is 28.2 Å². The van der Waals surface area contributed by atoms with Crippen LogP contribution in [0.15, 0.2) is 42.6 Å². The maximum atomic E-state index is 13.7. The van der Waals surface area contributed by atoms with Crippen LogP contribution in [0.25, 0.3) is 11.3 Å². The minimum Gasteiger partial charge on any atom is -0.443 e. The van der Waals surface area contributed by atoms with Crippen LogP contribution in [0.3, 0.4) is 0 Å². The van der Waals surface area contributed by atoms with Gasteiger partial charge in [-0.05, 0) is 80.9 Å². The Morgan fingerprint density at radius 1 is 1.13 bits per heavy atom. The summed E-state index contributed by atoms with van der Waals surface area (Å²) in [6.07, 6.45) is -3.80. The first-order chi connectivity index (χ1) is 21.0. The molecule has 8 nitrogen and oxygen atoms in total. The van der Waals surface area contributed by atoms with Gasteiger partial charge in [0.25, 0.3) is 0 Å². The second-order valence-electron chi connectivity index (χ2n) is 14.3. The molecule has 0 spiro atoms. The van der Waals surface area contributed by atoms with E-state index in [0.29, 0.717) is 22.5 Å². The number of benzene rings is 2. The van der Waals surface area contributed by atoms with Gasteiger partial charge in [0.1, 0.15) is 11.7 Å². The molecule has 1 atom stereocenters. The Morgan fingerprint density at radius 3 is 2.39 bits per heavy atom. The number of hydrogen-bond acceptors (Lipinski definition) is 7. The summed E-state index contributed by atoms with van der Waals surface area (Å²) in [6.45, 7) is 18.5. The second kappa shape index (κ2) is 12.2. The number of carbonyl (C=O) groups is 1. The van der Waals surface area contributed by atoms with Gasteiger partial charge in [-0.1, -0.05) is 39.3 Å². The third-order valence-corrected chi connectivity index (χ3v) is 13.0. The molecular weight excluding hydrogens is 635 g/mol. The van der Waals surface area contributed by atoms with Crippen LogP contribution in [-0.4, -0.2) is 43.1 Å². The fourth-order valence-corrected chi connectivity index (χ4v) is 6.14. The minimum absolute atomic E-state index is 0.0609. The summed E-state index contributed by atoms with van der Waals surface area (Å²) in [5.41, 5.74) is -0.474. The van der Waals surface area contributed by atoms with Gasteiger partial charge in [-0.2, -0.15) is 18.4 Å². The second-order valence-corrected chi connectivity index (χ2v) is 19.5. The molecule has 1 N–H and O–H groups in total. The van der Waals surface area contributed by atoms with Gasteiger partial charge in [0.15, 0.2) is 8.32 Å². The van der Waals surface area contributed by atoms with Crippen LogP contribution in [-0.2, 0) is 20.8 Å². The highest BCUT2D eigenvalue weighted by molar-refractivity contribution is 6.74. The fraction of sp³-hybridized carbons (Fsp3) is 0.455. The predicted octanol–water partition coefficient (Wildman–Crippen LogP) is 9.47. The number of nitriles is 1. The van der Waals surface area contributed by atoms with Gasteiger partial charge >= 0.3 is 12.3 Å². The van der Waals surface area contributed by atoms with E-state index in [4.69, 9.17) is 20.8 Å². The van der Waals surface area contributed by atoms with E-state index in [1.807, 2.05) is 13.0 Å². The molecule has 1 aromatic heterocycles. The van der Waals surface area contributed by atoms with Crippen molar-refractivity contribution in [2.75, 3.05) is 23.4 Å². The lowest BCUT2D eigenvalue weighted by atomic mass is 9.83. The van der Waals surface area contributed by atoms with E-state index in [1.54, 1.807) is 32.9 Å². The van der Waals surface area contributed by atoms with E-state index in [0.717, 1.165) is 18.2 Å². The number of alkyl halides is 3. The van der Waals surface area contributed by atoms with Crippen molar-refractivity contribution in [3.05, 3.63) is 64.3 Å². The molecule has 246 valence electrons. The molecular formula is C33H39ClF3N5O3Si. The Bertz CT molecular complexity index is 1700. The Kier molecular flexibility index (Phi) is 9.31. The number of hydrogen-bond donors (Lipinski definition) is 1. The van der Waals surface area contributed by atoms with Gasteiger partial charge in [-0.25, -0.2) is 14.8 Å². The molecule has 1 aliphatic rings. The van der Waals surface area contributed by atoms with Gasteiger partial charge in [-0.15, -0.1) is 0 Å². The molecule has 2 heterocycles. The van der Waals surface area contributed by atoms with Crippen molar-refractivity contribution in [3.8, 4) is 17.3 Å². The molecule has 0 radical (unpaired) electrons. The van der Waals surface area contributed by atoms with E-state index in [9.17, 15) is 23.2 Å². The van der Waals surface area contributed by atoms with Crippen LogP contribution in [0.1, 0.15) is 65.2 Å². The number of anilines is 3. The first-order valence-electron chi connectivity index (χ1n) is 14.7. The van der Waals surface area contributed by atoms with Crippen molar-refractivity contribution in [1.29, 1.82) is 5.26 Å². The zero-order valence-corrected chi connectivity index (χ0v) is 29.2. The van der Waals surface area contributed by atoms with Crippen LogP contribution >= 0.6 is 11.6 Å². The molecule has 13 heteroatoms. The highest BCUT2D eigenvalue weighted by Crippen LogP contribution is 2.47. The van der Waals surface area contributed by atoms with Crippen molar-refractivity contribution in [1.82, 2.24) is 9.97 Å². The summed E-state index contributed by atoms with van der Waals surface area (Å²) in [7, 11) is -2.21. The smallest absolute Gasteiger partial charge is 0.418 e. The quantitative estimate of drug-likeness (QED) is 0.260. The molecule has 46 heavy (non-hydrogen) atoms. The van der Waals surface area contributed by atoms with Crippen molar-refractivity contribution >= 4 is 43.3 Å². The number of fused-ring (bicyclic) bond motifs is 1. The molecule has 0 fully saturated rings. The molecule has 1 aliphatic heterocycles. The first-order valence-corrected chi connectivity index (χ1v) is 18.0. The summed E-state index contributed by atoms with van der Waals surface area (Å²) in [5.74, 6) is -0.0938. The summed E-state index contributed by atoms with van der Waals surface area (Å²) in [4.78, 5) is 23.6. The van der Waals surface area contributed by atoms with E-state index in [-0.39, 0.29) is 40.4 Å². The molecule has 4 rings (SSSR count). The summed E-state index contributed by atoms with van der Waals surface area (Å²) >= 11 is 6.00. The van der Waals surface area contributed by atoms with Gasteiger partial charge in [0, 0.05) is 35.3 Å². The van der Waals surface area contributed by atoms with Crippen molar-refractivity contribution in [2.45, 2.75) is 83.8 Å². The Balaban J connectivity index is 1.81. The largest absolute Gasteiger partial charge is 0.443 e. The first kappa shape index (κ1) is 35.2. The number of rotatable bonds is 6. The molecule has 0 saturated heterocycles. The highest BCUT2D eigenvalue weighted by atomic mass is 35.5. The zero-order chi connectivity index (χ0) is 34.5. The normalized spacial score (nSPS) is 17.0. The molecule has 0 aliphatic carbocycles. The van der Waals surface area contributed by atoms with Gasteiger partial charge < -0.3 is 14.5 Å². The number of amides is 1. The van der Waals surface area contributed by atoms with E-state index >= 15 is 0 Å². The van der Waals surface area contributed by atoms with E-state index < -0.39 is 37.2 Å². The molecule has 0 bridgehead atoms. The molecule has 0 saturated carbocycles. The lowest BCUT2D eigenvalue weighted by Crippen LogP contribution is -2.46. The standard InChI is InChI=1S/C33H39ClF3N5O3Si/c1-30(2,3)45-29(43)42-18-32(7,19-44-46(8,9)31(4,5)6)24-15-20(14-21(17-38)27(24)42)25-12-13-39-28(40-25)41-26-16-22(34)10-11-23(26)33(35,36)37/h10-16H,18-19H2,1-9H3,(H,39,40,41). The van der Waals surface area contributed by atoms with Crippen LogP contribution < -0.4 is 10.2 Å². The number of aromatic nitrogens is 2. The maximum Gasteiger partial charge on any atom is 0.418 e. The summed E-state index contributed by atoms with van der Waals surface area (Å²) in [6, 6.07) is 10.5. The molecule has 1 unspecified atom stereocenters. The summed E-state index contributed by atoms with van der Waals surface area (Å²) < 4.78 is 53.5. The van der Waals surface area contributed by atoms with Crippen LogP contribution in [0.2, 0.25) is 23.2 Å². The SMILES string of the molecule is CC(C)(C)OC(=O)N1CC(C)(CO[Si](C)(C)C(C)(C)C)c2cc(-c3ccnc(Nc4cc(Cl)ccc4C(F)(F)F)n3)cc(C#N)c21. The number of ether oxygens (including phenoxy) is 1. The Morgan fingerprint density at radius 2 is 1.80 bits per heavy atom. The van der Waals surface area contributed by atoms with Crippen molar-refractivity contribution in [2.24, 2.45) is 0 Å². The van der Waals surface area contributed by atoms with Crippen molar-refractivity contribution < 1.29 is 27.1 Å². The highest BCUT2D eigenvalue weighted by Gasteiger charge is 2.47. The van der Waals surface area contributed by atoms with Gasteiger partial charge in [0.2, 0.25) is 5.95 Å². The molecule has 3 aromatic rings. The average molecular weight is 674 g/mol. The monoisotopic (exact) mass is 673 g/mol. The Hall–Kier alpha value is -3.66. The van der Waals surface area contributed by atoms with Crippen LogP contribution in [0.4, 0.5) is 35.3 Å². The van der Waals surface area contributed by atoms with Crippen molar-refractivity contribution in [3.63, 3.8) is 0 Å². The third-order valence-electron chi connectivity index (χ3n) is 8.31. The lowest BCUT2D eigenvalue weighted by molar-refractivity contribution is -0.136. The fourth-order valence-electron chi connectivity index (χ4n) is 4.85. The third kappa shape index (κ3) is 7.48. The summed E-state index contributed by atoms with van der Waals surface area (Å²) in [5, 5.41) is 13.0. The number of nitrogens with zero attached hydrogens (tertiary/aromatic N) is 4. The van der Waals surface area contributed by atoms with E-state index in [1.165, 1.54) is 11.1 Å². The molecule has 1 amide bonds. The number of carbonyl (C=O) groups excluding carboxylic acids is 1. The molecule has 2 aromatic carbocycles. The van der Waals surface area contributed by atoms with Crippen LogP contribution in [0.5, 0.6) is 0 Å². The van der Waals surface area contributed by atoms with Crippen LogP contribution in [0, 0.1) is 11.3 Å². The maximum absolute atomic E-state index is 13.7. The number of halogens is 4.